The Morgan fingerprint density at radius 2 is 2.00 bits per heavy atom. The Kier molecular flexibility index (Phi) is 3.31. The first-order valence-electron chi connectivity index (χ1n) is 4.26. The molecule has 0 heterocycles. The Labute approximate surface area is 88.6 Å². The topological polar surface area (TPSA) is 63.4 Å². The summed E-state index contributed by atoms with van der Waals surface area (Å²) < 4.78 is 34.8. The van der Waals surface area contributed by atoms with E-state index in [9.17, 15) is 12.8 Å². The average Bonchev–Trinajstić information content (AvgIpc) is 1.99. The van der Waals surface area contributed by atoms with Crippen molar-refractivity contribution in [2.45, 2.75) is 5.75 Å². The van der Waals surface area contributed by atoms with Crippen LogP contribution in [-0.4, -0.2) is 22.5 Å². The third-order valence-electron chi connectivity index (χ3n) is 1.88. The van der Waals surface area contributed by atoms with E-state index in [1.165, 1.54) is 18.2 Å². The van der Waals surface area contributed by atoms with Crippen LogP contribution in [0.5, 0.6) is 0 Å². The van der Waals surface area contributed by atoms with E-state index in [-0.39, 0.29) is 5.75 Å². The molecule has 15 heavy (non-hydrogen) atoms. The molecular formula is C9H13FN2O2S. The summed E-state index contributed by atoms with van der Waals surface area (Å²) in [4.78, 5) is 1.71. The molecule has 0 aromatic heterocycles. The highest BCUT2D eigenvalue weighted by Crippen LogP contribution is 2.21. The normalized spacial score (nSPS) is 11.5. The molecule has 0 atom stereocenters. The Hall–Kier alpha value is -1.14. The Morgan fingerprint density at radius 3 is 2.47 bits per heavy atom. The van der Waals surface area contributed by atoms with Gasteiger partial charge in [0, 0.05) is 19.8 Å². The lowest BCUT2D eigenvalue weighted by Gasteiger charge is -2.16. The molecule has 6 heteroatoms. The second kappa shape index (κ2) is 4.16. The number of halogens is 1. The minimum absolute atomic E-state index is 0.363. The van der Waals surface area contributed by atoms with Crippen LogP contribution in [0.1, 0.15) is 5.56 Å². The first-order chi connectivity index (χ1) is 6.79. The van der Waals surface area contributed by atoms with Gasteiger partial charge in [-0.3, -0.25) is 0 Å². The molecule has 1 rings (SSSR count). The zero-order valence-corrected chi connectivity index (χ0v) is 9.38. The number of anilines is 1. The third-order valence-corrected chi connectivity index (χ3v) is 2.59. The maximum Gasteiger partial charge on any atom is 0.213 e. The maximum absolute atomic E-state index is 12.9. The number of benzene rings is 1. The van der Waals surface area contributed by atoms with Crippen LogP contribution in [-0.2, 0) is 15.8 Å². The first kappa shape index (κ1) is 11.9. The van der Waals surface area contributed by atoms with Gasteiger partial charge in [0.25, 0.3) is 0 Å². The second-order valence-electron chi connectivity index (χ2n) is 3.47. The predicted octanol–water partition coefficient (Wildman–Crippen LogP) is 0.680. The van der Waals surface area contributed by atoms with E-state index in [1.807, 2.05) is 0 Å². The van der Waals surface area contributed by atoms with E-state index >= 15 is 0 Å². The van der Waals surface area contributed by atoms with Crippen molar-refractivity contribution < 1.29 is 12.8 Å². The van der Waals surface area contributed by atoms with Crippen molar-refractivity contribution in [3.8, 4) is 0 Å². The van der Waals surface area contributed by atoms with E-state index in [1.54, 1.807) is 19.0 Å². The highest BCUT2D eigenvalue weighted by atomic mass is 32.2. The van der Waals surface area contributed by atoms with Crippen molar-refractivity contribution in [3.63, 3.8) is 0 Å². The predicted molar refractivity (Wildman–Crippen MR) is 57.5 cm³/mol. The van der Waals surface area contributed by atoms with Crippen LogP contribution in [0.4, 0.5) is 10.1 Å². The summed E-state index contributed by atoms with van der Waals surface area (Å²) in [6.45, 7) is 0. The maximum atomic E-state index is 12.9. The first-order valence-corrected chi connectivity index (χ1v) is 5.97. The van der Waals surface area contributed by atoms with Crippen molar-refractivity contribution in [2.24, 2.45) is 5.14 Å². The molecule has 0 unspecified atom stereocenters. The summed E-state index contributed by atoms with van der Waals surface area (Å²) in [6, 6.07) is 3.98. The van der Waals surface area contributed by atoms with Gasteiger partial charge >= 0.3 is 0 Å². The summed E-state index contributed by atoms with van der Waals surface area (Å²) in [5, 5.41) is 4.92. The minimum atomic E-state index is -3.64. The fraction of sp³-hybridized carbons (Fsp3) is 0.333. The molecule has 0 fully saturated rings. The zero-order chi connectivity index (χ0) is 11.6. The molecule has 0 saturated carbocycles. The molecule has 0 aliphatic carbocycles. The van der Waals surface area contributed by atoms with Gasteiger partial charge in [-0.15, -0.1) is 0 Å². The largest absolute Gasteiger partial charge is 0.377 e. The fourth-order valence-electron chi connectivity index (χ4n) is 1.32. The molecule has 1 aromatic carbocycles. The van der Waals surface area contributed by atoms with Crippen molar-refractivity contribution in [1.82, 2.24) is 0 Å². The van der Waals surface area contributed by atoms with Crippen LogP contribution < -0.4 is 10.0 Å². The monoisotopic (exact) mass is 232 g/mol. The van der Waals surface area contributed by atoms with Crippen molar-refractivity contribution >= 4 is 15.7 Å². The Morgan fingerprint density at radius 1 is 1.40 bits per heavy atom. The molecule has 0 aliphatic rings. The van der Waals surface area contributed by atoms with Gasteiger partial charge in [-0.05, 0) is 23.8 Å². The van der Waals surface area contributed by atoms with Crippen LogP contribution in [0, 0.1) is 5.82 Å². The SMILES string of the molecule is CN(C)c1ccc(F)cc1CS(N)(=O)=O. The number of nitrogens with two attached hydrogens (primary N) is 1. The lowest BCUT2D eigenvalue weighted by molar-refractivity contribution is 0.596. The quantitative estimate of drug-likeness (QED) is 0.833. The highest BCUT2D eigenvalue weighted by Gasteiger charge is 2.12. The second-order valence-corrected chi connectivity index (χ2v) is 5.09. The summed E-state index contributed by atoms with van der Waals surface area (Å²) >= 11 is 0. The molecule has 2 N–H and O–H groups in total. The number of primary sulfonamides is 1. The van der Waals surface area contributed by atoms with Gasteiger partial charge in [-0.1, -0.05) is 0 Å². The van der Waals surface area contributed by atoms with Crippen LogP contribution in [0.25, 0.3) is 0 Å². The molecule has 4 nitrogen and oxygen atoms in total. The van der Waals surface area contributed by atoms with Crippen LogP contribution in [0.3, 0.4) is 0 Å². The van der Waals surface area contributed by atoms with Gasteiger partial charge in [-0.2, -0.15) is 0 Å². The Balaban J connectivity index is 3.19. The van der Waals surface area contributed by atoms with Gasteiger partial charge in [0.2, 0.25) is 10.0 Å². The molecular weight excluding hydrogens is 219 g/mol. The van der Waals surface area contributed by atoms with Crippen LogP contribution >= 0.6 is 0 Å². The number of sulfonamides is 1. The number of nitrogens with zero attached hydrogens (tertiary/aromatic N) is 1. The molecule has 1 aromatic rings. The van der Waals surface area contributed by atoms with E-state index < -0.39 is 15.8 Å². The molecule has 0 radical (unpaired) electrons. The Bertz CT molecular complexity index is 457. The van der Waals surface area contributed by atoms with E-state index in [2.05, 4.69) is 0 Å². The summed E-state index contributed by atoms with van der Waals surface area (Å²) in [5.74, 6) is -0.836. The van der Waals surface area contributed by atoms with Gasteiger partial charge < -0.3 is 4.90 Å². The van der Waals surface area contributed by atoms with Crippen LogP contribution in [0.2, 0.25) is 0 Å². The lowest BCUT2D eigenvalue weighted by Crippen LogP contribution is -2.18. The van der Waals surface area contributed by atoms with Gasteiger partial charge in [0.1, 0.15) is 5.82 Å². The van der Waals surface area contributed by atoms with Gasteiger partial charge in [0.05, 0.1) is 5.75 Å². The lowest BCUT2D eigenvalue weighted by atomic mass is 10.2. The van der Waals surface area contributed by atoms with E-state index in [4.69, 9.17) is 5.14 Å². The van der Waals surface area contributed by atoms with E-state index in [0.29, 0.717) is 11.3 Å². The number of hydrogen-bond donors (Lipinski definition) is 1. The molecule has 0 bridgehead atoms. The third kappa shape index (κ3) is 3.49. The smallest absolute Gasteiger partial charge is 0.213 e. The average molecular weight is 232 g/mol. The standard InChI is InChI=1S/C9H13FN2O2S/c1-12(2)9-4-3-8(10)5-7(9)6-15(11,13)14/h3-5H,6H2,1-2H3,(H2,11,13,14). The van der Waals surface area contributed by atoms with Crippen molar-refractivity contribution in [1.29, 1.82) is 0 Å². The number of hydrogen-bond acceptors (Lipinski definition) is 3. The molecule has 84 valence electrons. The zero-order valence-electron chi connectivity index (χ0n) is 8.57. The molecule has 0 amide bonds. The summed E-state index contributed by atoms with van der Waals surface area (Å²) in [7, 11) is -0.144. The van der Waals surface area contributed by atoms with E-state index in [0.717, 1.165) is 0 Å². The summed E-state index contributed by atoms with van der Waals surface area (Å²) in [5.41, 5.74) is 1.01. The molecule has 0 aliphatic heterocycles. The number of rotatable bonds is 3. The molecule has 0 saturated heterocycles. The summed E-state index contributed by atoms with van der Waals surface area (Å²) in [6.07, 6.45) is 0. The molecule has 0 spiro atoms. The van der Waals surface area contributed by atoms with Crippen molar-refractivity contribution in [3.05, 3.63) is 29.6 Å². The highest BCUT2D eigenvalue weighted by molar-refractivity contribution is 7.88. The van der Waals surface area contributed by atoms with Crippen molar-refractivity contribution in [2.75, 3.05) is 19.0 Å². The minimum Gasteiger partial charge on any atom is -0.377 e. The van der Waals surface area contributed by atoms with Gasteiger partial charge in [0.15, 0.2) is 0 Å². The van der Waals surface area contributed by atoms with Gasteiger partial charge in [-0.25, -0.2) is 17.9 Å². The fourth-order valence-corrected chi connectivity index (χ4v) is 1.99. The van der Waals surface area contributed by atoms with Crippen LogP contribution in [0.15, 0.2) is 18.2 Å².